The van der Waals surface area contributed by atoms with Crippen LogP contribution in [0.1, 0.15) is 12.0 Å². The fourth-order valence-corrected chi connectivity index (χ4v) is 3.42. The van der Waals surface area contributed by atoms with Gasteiger partial charge in [-0.1, -0.05) is 6.07 Å². The molecule has 1 saturated heterocycles. The highest BCUT2D eigenvalue weighted by Gasteiger charge is 2.32. The number of rotatable bonds is 4. The molecule has 0 spiro atoms. The molecule has 1 aromatic rings. The van der Waals surface area contributed by atoms with E-state index in [0.29, 0.717) is 12.8 Å². The molecule has 1 aliphatic heterocycles. The number of hydrogen-bond acceptors (Lipinski definition) is 4. The Bertz CT molecular complexity index is 450. The van der Waals surface area contributed by atoms with Gasteiger partial charge in [-0.05, 0) is 24.1 Å². The van der Waals surface area contributed by atoms with Gasteiger partial charge >= 0.3 is 0 Å². The Labute approximate surface area is 109 Å². The number of aliphatic hydroxyl groups excluding tert-OH is 1. The molecule has 2 unspecified atom stereocenters. The minimum absolute atomic E-state index is 0.0987. The van der Waals surface area contributed by atoms with Crippen LogP contribution in [-0.4, -0.2) is 35.1 Å². The van der Waals surface area contributed by atoms with Crippen molar-refractivity contribution in [2.24, 2.45) is 0 Å². The fourth-order valence-electron chi connectivity index (χ4n) is 2.07. The Hall–Kier alpha value is -1.07. The molecule has 0 aliphatic carbocycles. The maximum absolute atomic E-state index is 13.2. The molecule has 0 amide bonds. The zero-order chi connectivity index (χ0) is 13.1. The van der Waals surface area contributed by atoms with Crippen LogP contribution in [0.3, 0.4) is 0 Å². The minimum Gasteiger partial charge on any atom is -0.494 e. The number of carbonyl (C=O) groups excluding carboxylic acids is 1. The summed E-state index contributed by atoms with van der Waals surface area (Å²) in [7, 11) is 1.43. The van der Waals surface area contributed by atoms with Crippen LogP contribution < -0.4 is 4.74 Å². The predicted octanol–water partition coefficient (Wildman–Crippen LogP) is 1.81. The molecule has 1 heterocycles. The summed E-state index contributed by atoms with van der Waals surface area (Å²) in [5.41, 5.74) is 0.942. The van der Waals surface area contributed by atoms with E-state index < -0.39 is 0 Å². The number of halogens is 1. The molecule has 2 rings (SSSR count). The molecule has 98 valence electrons. The van der Waals surface area contributed by atoms with Crippen LogP contribution >= 0.6 is 11.8 Å². The second-order valence-electron chi connectivity index (χ2n) is 4.27. The van der Waals surface area contributed by atoms with Crippen molar-refractivity contribution in [2.75, 3.05) is 13.7 Å². The van der Waals surface area contributed by atoms with Gasteiger partial charge < -0.3 is 9.84 Å². The first-order valence-corrected chi connectivity index (χ1v) is 6.69. The summed E-state index contributed by atoms with van der Waals surface area (Å²) in [6.45, 7) is -0.104. The highest BCUT2D eigenvalue weighted by atomic mass is 32.2. The van der Waals surface area contributed by atoms with Gasteiger partial charge in [-0.2, -0.15) is 0 Å². The lowest BCUT2D eigenvalue weighted by molar-refractivity contribution is -0.118. The standard InChI is InChI=1S/C13H15FO3S/c1-17-12-5-8(2-3-10(12)14)4-9-6-11(16)13(7-15)18-9/h2-3,5,9,13,15H,4,6-7H2,1H3. The van der Waals surface area contributed by atoms with Gasteiger partial charge in [0.15, 0.2) is 11.6 Å². The predicted molar refractivity (Wildman–Crippen MR) is 68.5 cm³/mol. The van der Waals surface area contributed by atoms with E-state index in [0.717, 1.165) is 5.56 Å². The maximum Gasteiger partial charge on any atom is 0.165 e. The second kappa shape index (κ2) is 5.71. The first-order valence-electron chi connectivity index (χ1n) is 5.75. The lowest BCUT2D eigenvalue weighted by Crippen LogP contribution is -2.14. The molecule has 3 nitrogen and oxygen atoms in total. The SMILES string of the molecule is COc1cc(CC2CC(=O)C(CO)S2)ccc1F. The second-order valence-corrected chi connectivity index (χ2v) is 5.78. The van der Waals surface area contributed by atoms with Crippen molar-refractivity contribution in [3.63, 3.8) is 0 Å². The quantitative estimate of drug-likeness (QED) is 0.906. The van der Waals surface area contributed by atoms with Crippen LogP contribution in [0.2, 0.25) is 0 Å². The Balaban J connectivity index is 2.04. The number of ether oxygens (including phenoxy) is 1. The molecule has 0 radical (unpaired) electrons. The van der Waals surface area contributed by atoms with Gasteiger partial charge in [0.1, 0.15) is 5.78 Å². The van der Waals surface area contributed by atoms with Gasteiger partial charge in [-0.25, -0.2) is 4.39 Å². The Morgan fingerprint density at radius 2 is 2.33 bits per heavy atom. The molecule has 1 fully saturated rings. The van der Waals surface area contributed by atoms with Crippen molar-refractivity contribution in [3.8, 4) is 5.75 Å². The number of carbonyl (C=O) groups is 1. The number of Topliss-reactive ketones (excluding diaryl/α,β-unsaturated/α-hetero) is 1. The first-order chi connectivity index (χ1) is 8.63. The molecule has 5 heteroatoms. The van der Waals surface area contributed by atoms with Gasteiger partial charge in [0.25, 0.3) is 0 Å². The summed E-state index contributed by atoms with van der Waals surface area (Å²) >= 11 is 1.50. The van der Waals surface area contributed by atoms with Crippen LogP contribution in [0.25, 0.3) is 0 Å². The lowest BCUT2D eigenvalue weighted by atomic mass is 10.1. The Morgan fingerprint density at radius 1 is 1.56 bits per heavy atom. The zero-order valence-corrected chi connectivity index (χ0v) is 10.9. The van der Waals surface area contributed by atoms with Crippen molar-refractivity contribution < 1.29 is 19.0 Å². The molecule has 1 N–H and O–H groups in total. The number of ketones is 1. The summed E-state index contributed by atoms with van der Waals surface area (Å²) in [4.78, 5) is 11.5. The largest absolute Gasteiger partial charge is 0.494 e. The van der Waals surface area contributed by atoms with Gasteiger partial charge in [-0.15, -0.1) is 11.8 Å². The van der Waals surface area contributed by atoms with Crippen LogP contribution in [0, 0.1) is 5.82 Å². The molecule has 0 aromatic heterocycles. The third-order valence-electron chi connectivity index (χ3n) is 2.99. The van der Waals surface area contributed by atoms with Crippen LogP contribution in [0.4, 0.5) is 4.39 Å². The number of hydrogen-bond donors (Lipinski definition) is 1. The fraction of sp³-hybridized carbons (Fsp3) is 0.462. The summed E-state index contributed by atoms with van der Waals surface area (Å²) < 4.78 is 18.2. The van der Waals surface area contributed by atoms with Gasteiger partial charge in [0, 0.05) is 11.7 Å². The van der Waals surface area contributed by atoms with Gasteiger partial charge in [-0.3, -0.25) is 4.79 Å². The molecule has 0 bridgehead atoms. The normalized spacial score (nSPS) is 23.4. The number of thioether (sulfide) groups is 1. The van der Waals surface area contributed by atoms with Gasteiger partial charge in [0.05, 0.1) is 19.0 Å². The molecule has 0 saturated carbocycles. The van der Waals surface area contributed by atoms with Crippen LogP contribution in [-0.2, 0) is 11.2 Å². The summed E-state index contributed by atoms with van der Waals surface area (Å²) in [5, 5.41) is 8.89. The van der Waals surface area contributed by atoms with Gasteiger partial charge in [0.2, 0.25) is 0 Å². The lowest BCUT2D eigenvalue weighted by Gasteiger charge is -2.10. The number of aliphatic hydroxyl groups is 1. The highest BCUT2D eigenvalue weighted by molar-refractivity contribution is 8.01. The molecule has 1 aromatic carbocycles. The molecular weight excluding hydrogens is 255 g/mol. The average Bonchev–Trinajstić information content (AvgIpc) is 2.72. The highest BCUT2D eigenvalue weighted by Crippen LogP contribution is 2.33. The summed E-state index contributed by atoms with van der Waals surface area (Å²) in [6.07, 6.45) is 1.15. The van der Waals surface area contributed by atoms with Crippen molar-refractivity contribution in [2.45, 2.75) is 23.3 Å². The summed E-state index contributed by atoms with van der Waals surface area (Å²) in [6, 6.07) is 4.74. The smallest absolute Gasteiger partial charge is 0.165 e. The van der Waals surface area contributed by atoms with E-state index in [9.17, 15) is 9.18 Å². The van der Waals surface area contributed by atoms with E-state index in [1.807, 2.05) is 0 Å². The minimum atomic E-state index is -0.385. The van der Waals surface area contributed by atoms with E-state index in [1.54, 1.807) is 12.1 Å². The molecule has 2 atom stereocenters. The van der Waals surface area contributed by atoms with Crippen molar-refractivity contribution in [1.82, 2.24) is 0 Å². The van der Waals surface area contributed by atoms with E-state index >= 15 is 0 Å². The number of methoxy groups -OCH3 is 1. The Kier molecular flexibility index (Phi) is 4.24. The topological polar surface area (TPSA) is 46.5 Å². The first kappa shape index (κ1) is 13.4. The maximum atomic E-state index is 13.2. The Morgan fingerprint density at radius 3 is 2.94 bits per heavy atom. The van der Waals surface area contributed by atoms with Crippen molar-refractivity contribution >= 4 is 17.5 Å². The number of benzene rings is 1. The van der Waals surface area contributed by atoms with E-state index in [-0.39, 0.29) is 34.5 Å². The third kappa shape index (κ3) is 2.84. The average molecular weight is 270 g/mol. The zero-order valence-electron chi connectivity index (χ0n) is 10.1. The summed E-state index contributed by atoms with van der Waals surface area (Å²) in [5.74, 6) is -0.0632. The molecule has 18 heavy (non-hydrogen) atoms. The van der Waals surface area contributed by atoms with Crippen LogP contribution in [0.5, 0.6) is 5.75 Å². The molecular formula is C13H15FO3S. The molecule has 1 aliphatic rings. The van der Waals surface area contributed by atoms with E-state index in [1.165, 1.54) is 24.9 Å². The monoisotopic (exact) mass is 270 g/mol. The third-order valence-corrected chi connectivity index (χ3v) is 4.45. The van der Waals surface area contributed by atoms with E-state index in [2.05, 4.69) is 0 Å². The van der Waals surface area contributed by atoms with E-state index in [4.69, 9.17) is 9.84 Å². The van der Waals surface area contributed by atoms with Crippen LogP contribution in [0.15, 0.2) is 18.2 Å². The van der Waals surface area contributed by atoms with Crippen molar-refractivity contribution in [1.29, 1.82) is 0 Å². The van der Waals surface area contributed by atoms with Crippen molar-refractivity contribution in [3.05, 3.63) is 29.6 Å².